The quantitative estimate of drug-likeness (QED) is 0.829. The van der Waals surface area contributed by atoms with Gasteiger partial charge in [0, 0.05) is 4.88 Å². The molecule has 0 aliphatic rings. The summed E-state index contributed by atoms with van der Waals surface area (Å²) in [5.41, 5.74) is 0.345. The maximum absolute atomic E-state index is 11.8. The molecule has 1 amide bonds. The summed E-state index contributed by atoms with van der Waals surface area (Å²) in [5, 5.41) is 9.11. The monoisotopic (exact) mass is 280 g/mol. The van der Waals surface area contributed by atoms with Gasteiger partial charge in [-0.1, -0.05) is 0 Å². The summed E-state index contributed by atoms with van der Waals surface area (Å²) in [4.78, 5) is 28.2. The van der Waals surface area contributed by atoms with Crippen LogP contribution in [0.1, 0.15) is 32.8 Å². The second-order valence-electron chi connectivity index (χ2n) is 3.61. The minimum absolute atomic E-state index is 0.0841. The molecule has 0 spiro atoms. The van der Waals surface area contributed by atoms with Crippen LogP contribution in [-0.4, -0.2) is 33.7 Å². The maximum atomic E-state index is 11.8. The van der Waals surface area contributed by atoms with Gasteiger partial charge >= 0.3 is 5.97 Å². The average molecular weight is 280 g/mol. The first-order valence-electron chi connectivity index (χ1n) is 5.56. The van der Waals surface area contributed by atoms with Crippen molar-refractivity contribution >= 4 is 28.2 Å². The van der Waals surface area contributed by atoms with Gasteiger partial charge < -0.3 is 10.1 Å². The number of ether oxygens (including phenoxy) is 1. The average Bonchev–Trinajstić information content (AvgIpc) is 2.98. The van der Waals surface area contributed by atoms with Gasteiger partial charge in [0.1, 0.15) is 11.3 Å². The number of aromatic amines is 1. The summed E-state index contributed by atoms with van der Waals surface area (Å²) >= 11 is 1.30. The van der Waals surface area contributed by atoms with Crippen LogP contribution in [0.3, 0.4) is 0 Å². The first kappa shape index (κ1) is 13.2. The van der Waals surface area contributed by atoms with E-state index in [4.69, 9.17) is 4.74 Å². The Balaban J connectivity index is 2.20. The Morgan fingerprint density at radius 3 is 2.95 bits per heavy atom. The van der Waals surface area contributed by atoms with Gasteiger partial charge in [-0.3, -0.25) is 9.89 Å². The molecule has 0 radical (unpaired) electrons. The Morgan fingerprint density at radius 2 is 2.32 bits per heavy atom. The molecule has 100 valence electrons. The lowest BCUT2D eigenvalue weighted by atomic mass is 10.3. The molecule has 19 heavy (non-hydrogen) atoms. The fraction of sp³-hybridized carbons (Fsp3) is 0.273. The molecule has 0 aliphatic carbocycles. The van der Waals surface area contributed by atoms with E-state index in [1.807, 2.05) is 6.92 Å². The van der Waals surface area contributed by atoms with Crippen molar-refractivity contribution in [3.05, 3.63) is 28.7 Å². The molecule has 8 heteroatoms. The van der Waals surface area contributed by atoms with Crippen LogP contribution >= 0.6 is 11.3 Å². The Labute approximate surface area is 113 Å². The van der Waals surface area contributed by atoms with E-state index in [0.29, 0.717) is 10.6 Å². The van der Waals surface area contributed by atoms with Crippen molar-refractivity contribution in [1.82, 2.24) is 15.2 Å². The number of esters is 1. The third-order valence-electron chi connectivity index (χ3n) is 2.21. The number of anilines is 1. The summed E-state index contributed by atoms with van der Waals surface area (Å²) in [6.45, 7) is 3.85. The summed E-state index contributed by atoms with van der Waals surface area (Å²) < 4.78 is 4.93. The van der Waals surface area contributed by atoms with Crippen LogP contribution in [-0.2, 0) is 4.74 Å². The normalized spacial score (nSPS) is 10.2. The standard InChI is InChI=1S/C11H12N4O3S/c1-3-18-11(17)7-4-6(2)19-10(7)14-9(16)8-12-5-13-15-8/h4-5H,3H2,1-2H3,(H,14,16)(H,12,13,15). The molecule has 0 aromatic carbocycles. The van der Waals surface area contributed by atoms with Crippen molar-refractivity contribution < 1.29 is 14.3 Å². The fourth-order valence-corrected chi connectivity index (χ4v) is 2.34. The SMILES string of the molecule is CCOC(=O)c1cc(C)sc1NC(=O)c1ncn[nH]1. The number of rotatable bonds is 4. The van der Waals surface area contributed by atoms with E-state index >= 15 is 0 Å². The minimum atomic E-state index is -0.459. The Morgan fingerprint density at radius 1 is 1.53 bits per heavy atom. The number of hydrogen-bond acceptors (Lipinski definition) is 6. The number of thiophene rings is 1. The Hall–Kier alpha value is -2.22. The number of carbonyl (C=O) groups excluding carboxylic acids is 2. The molecule has 0 saturated carbocycles. The lowest BCUT2D eigenvalue weighted by molar-refractivity contribution is 0.0528. The molecule has 0 saturated heterocycles. The van der Waals surface area contributed by atoms with E-state index in [1.54, 1.807) is 13.0 Å². The van der Waals surface area contributed by atoms with Gasteiger partial charge in [0.25, 0.3) is 5.91 Å². The molecular formula is C11H12N4O3S. The third-order valence-corrected chi connectivity index (χ3v) is 3.17. The molecule has 0 fully saturated rings. The van der Waals surface area contributed by atoms with Crippen molar-refractivity contribution in [1.29, 1.82) is 0 Å². The van der Waals surface area contributed by atoms with Crippen LogP contribution < -0.4 is 5.32 Å². The molecule has 0 unspecified atom stereocenters. The summed E-state index contributed by atoms with van der Waals surface area (Å²) in [6, 6.07) is 1.68. The van der Waals surface area contributed by atoms with Gasteiger partial charge in [-0.2, -0.15) is 5.10 Å². The topological polar surface area (TPSA) is 97.0 Å². The predicted molar refractivity (Wildman–Crippen MR) is 69.3 cm³/mol. The first-order valence-corrected chi connectivity index (χ1v) is 6.37. The predicted octanol–water partition coefficient (Wildman–Crippen LogP) is 1.60. The van der Waals surface area contributed by atoms with Crippen LogP contribution in [0, 0.1) is 6.92 Å². The van der Waals surface area contributed by atoms with E-state index in [0.717, 1.165) is 4.88 Å². The van der Waals surface area contributed by atoms with Crippen molar-refractivity contribution in [2.75, 3.05) is 11.9 Å². The number of hydrogen-bond donors (Lipinski definition) is 2. The summed E-state index contributed by atoms with van der Waals surface area (Å²) in [5.74, 6) is -0.828. The van der Waals surface area contributed by atoms with Crippen molar-refractivity contribution in [3.8, 4) is 0 Å². The second kappa shape index (κ2) is 5.61. The number of aromatic nitrogens is 3. The highest BCUT2D eigenvalue weighted by molar-refractivity contribution is 7.16. The fourth-order valence-electron chi connectivity index (χ4n) is 1.44. The summed E-state index contributed by atoms with van der Waals surface area (Å²) in [7, 11) is 0. The zero-order valence-corrected chi connectivity index (χ0v) is 11.2. The molecule has 2 heterocycles. The van der Waals surface area contributed by atoms with E-state index in [9.17, 15) is 9.59 Å². The smallest absolute Gasteiger partial charge is 0.341 e. The molecule has 7 nitrogen and oxygen atoms in total. The molecule has 2 aromatic heterocycles. The van der Waals surface area contributed by atoms with E-state index in [-0.39, 0.29) is 12.4 Å². The minimum Gasteiger partial charge on any atom is -0.462 e. The summed E-state index contributed by atoms with van der Waals surface area (Å²) in [6.07, 6.45) is 1.24. The number of carbonyl (C=O) groups is 2. The van der Waals surface area contributed by atoms with Gasteiger partial charge in [-0.05, 0) is 19.9 Å². The number of nitrogens with one attached hydrogen (secondary N) is 2. The van der Waals surface area contributed by atoms with Gasteiger partial charge in [0.2, 0.25) is 5.82 Å². The Kier molecular flexibility index (Phi) is 3.91. The van der Waals surface area contributed by atoms with E-state index in [2.05, 4.69) is 20.5 Å². The number of amides is 1. The molecule has 2 rings (SSSR count). The second-order valence-corrected chi connectivity index (χ2v) is 4.86. The number of H-pyrrole nitrogens is 1. The molecule has 0 atom stereocenters. The molecule has 2 N–H and O–H groups in total. The molecule has 2 aromatic rings. The van der Waals surface area contributed by atoms with Crippen LogP contribution in [0.15, 0.2) is 12.4 Å². The third kappa shape index (κ3) is 2.97. The van der Waals surface area contributed by atoms with Crippen LogP contribution in [0.5, 0.6) is 0 Å². The zero-order chi connectivity index (χ0) is 13.8. The zero-order valence-electron chi connectivity index (χ0n) is 10.4. The molecule has 0 aliphatic heterocycles. The lowest BCUT2D eigenvalue weighted by Crippen LogP contribution is -2.15. The highest BCUT2D eigenvalue weighted by atomic mass is 32.1. The maximum Gasteiger partial charge on any atom is 0.341 e. The Bertz CT molecular complexity index is 591. The van der Waals surface area contributed by atoms with Crippen LogP contribution in [0.25, 0.3) is 0 Å². The first-order chi connectivity index (χ1) is 9.11. The van der Waals surface area contributed by atoms with Crippen LogP contribution in [0.2, 0.25) is 0 Å². The number of aryl methyl sites for hydroxylation is 1. The number of nitrogens with zero attached hydrogens (tertiary/aromatic N) is 2. The van der Waals surface area contributed by atoms with Crippen molar-refractivity contribution in [2.45, 2.75) is 13.8 Å². The van der Waals surface area contributed by atoms with Crippen LogP contribution in [0.4, 0.5) is 5.00 Å². The van der Waals surface area contributed by atoms with E-state index in [1.165, 1.54) is 17.7 Å². The molecular weight excluding hydrogens is 268 g/mol. The van der Waals surface area contributed by atoms with Crippen molar-refractivity contribution in [2.24, 2.45) is 0 Å². The van der Waals surface area contributed by atoms with Gasteiger partial charge in [0.05, 0.1) is 12.2 Å². The lowest BCUT2D eigenvalue weighted by Gasteiger charge is -2.04. The molecule has 0 bridgehead atoms. The van der Waals surface area contributed by atoms with Gasteiger partial charge in [0.15, 0.2) is 0 Å². The van der Waals surface area contributed by atoms with Crippen molar-refractivity contribution in [3.63, 3.8) is 0 Å². The highest BCUT2D eigenvalue weighted by Gasteiger charge is 2.19. The van der Waals surface area contributed by atoms with E-state index < -0.39 is 11.9 Å². The van der Waals surface area contributed by atoms with Gasteiger partial charge in [-0.15, -0.1) is 11.3 Å². The largest absolute Gasteiger partial charge is 0.462 e. The highest BCUT2D eigenvalue weighted by Crippen LogP contribution is 2.28. The van der Waals surface area contributed by atoms with Gasteiger partial charge in [-0.25, -0.2) is 9.78 Å².